The smallest absolute Gasteiger partial charge is 0.0940 e. The highest BCUT2D eigenvalue weighted by atomic mass is 14.7. The summed E-state index contributed by atoms with van der Waals surface area (Å²) in [6.07, 6.45) is 3.97. The Hall–Kier alpha value is -1.35. The van der Waals surface area contributed by atoms with Crippen LogP contribution in [-0.4, -0.2) is 12.8 Å². The molecule has 0 aliphatic heterocycles. The molecule has 0 aliphatic rings. The molecule has 0 saturated heterocycles. The van der Waals surface area contributed by atoms with Crippen molar-refractivity contribution in [1.82, 2.24) is 0 Å². The minimum atomic E-state index is -0.327. The summed E-state index contributed by atoms with van der Waals surface area (Å²) in [5.41, 5.74) is 0. The molecule has 0 aliphatic carbocycles. The molecule has 0 rings (SSSR count). The molecule has 0 spiro atoms. The van der Waals surface area contributed by atoms with Crippen molar-refractivity contribution in [3.63, 3.8) is 0 Å². The second-order valence-electron chi connectivity index (χ2n) is 2.51. The van der Waals surface area contributed by atoms with Gasteiger partial charge in [0.15, 0.2) is 0 Å². The molecule has 0 aromatic heterocycles. The molecule has 1 atom stereocenters. The van der Waals surface area contributed by atoms with Gasteiger partial charge in [0.25, 0.3) is 0 Å². The third kappa shape index (κ3) is 5.44. The van der Waals surface area contributed by atoms with Crippen LogP contribution in [0.1, 0.15) is 26.2 Å². The van der Waals surface area contributed by atoms with Crippen LogP contribution in [0.2, 0.25) is 0 Å². The van der Waals surface area contributed by atoms with E-state index in [1.807, 2.05) is 12.1 Å². The van der Waals surface area contributed by atoms with Crippen LogP contribution in [0.4, 0.5) is 0 Å². The Morgan fingerprint density at radius 1 is 1.50 bits per heavy atom. The number of nitrogens with zero attached hydrogens (tertiary/aromatic N) is 3. The van der Waals surface area contributed by atoms with Crippen LogP contribution < -0.4 is 0 Å². The van der Waals surface area contributed by atoms with Gasteiger partial charge in [-0.05, 0) is 6.42 Å². The fraction of sp³-hybridized carbons (Fsp3) is 0.667. The topological polar surface area (TPSA) is 59.9 Å². The maximum absolute atomic E-state index is 8.52. The zero-order valence-electron chi connectivity index (χ0n) is 7.32. The Kier molecular flexibility index (Phi) is 6.88. The van der Waals surface area contributed by atoms with Gasteiger partial charge in [-0.2, -0.15) is 10.5 Å². The van der Waals surface area contributed by atoms with Gasteiger partial charge in [-0.25, -0.2) is 0 Å². The lowest BCUT2D eigenvalue weighted by molar-refractivity contribution is 0.802. The number of aliphatic imine (C=N–C) groups is 1. The summed E-state index contributed by atoms with van der Waals surface area (Å²) in [7, 11) is 0. The molecule has 3 nitrogen and oxygen atoms in total. The van der Waals surface area contributed by atoms with Gasteiger partial charge in [-0.3, -0.25) is 4.99 Å². The van der Waals surface area contributed by atoms with Crippen LogP contribution in [-0.2, 0) is 0 Å². The summed E-state index contributed by atoms with van der Waals surface area (Å²) in [5, 5.41) is 16.8. The third-order valence-corrected chi connectivity index (χ3v) is 1.40. The van der Waals surface area contributed by atoms with Gasteiger partial charge in [0.1, 0.15) is 0 Å². The van der Waals surface area contributed by atoms with Gasteiger partial charge < -0.3 is 0 Å². The lowest BCUT2D eigenvalue weighted by Crippen LogP contribution is -1.97. The van der Waals surface area contributed by atoms with Crippen LogP contribution >= 0.6 is 0 Å². The molecule has 1 unspecified atom stereocenters. The normalized spacial score (nSPS) is 12.2. The van der Waals surface area contributed by atoms with E-state index in [0.29, 0.717) is 0 Å². The van der Waals surface area contributed by atoms with Crippen LogP contribution in [0.5, 0.6) is 0 Å². The van der Waals surface area contributed by atoms with Crippen LogP contribution in [0.3, 0.4) is 0 Å². The van der Waals surface area contributed by atoms with E-state index in [0.717, 1.165) is 19.4 Å². The van der Waals surface area contributed by atoms with Crippen molar-refractivity contribution in [3.8, 4) is 12.1 Å². The molecule has 0 amide bonds. The third-order valence-electron chi connectivity index (χ3n) is 1.40. The van der Waals surface area contributed by atoms with E-state index < -0.39 is 0 Å². The van der Waals surface area contributed by atoms with Crippen molar-refractivity contribution in [2.45, 2.75) is 26.2 Å². The molecule has 12 heavy (non-hydrogen) atoms. The van der Waals surface area contributed by atoms with Gasteiger partial charge in [-0.15, -0.1) is 0 Å². The summed E-state index contributed by atoms with van der Waals surface area (Å²) >= 11 is 0. The molecule has 0 fully saturated rings. The predicted molar refractivity (Wildman–Crippen MR) is 47.6 cm³/mol. The molecule has 3 heteroatoms. The number of hydrogen-bond acceptors (Lipinski definition) is 3. The first-order valence-corrected chi connectivity index (χ1v) is 4.11. The molecular weight excluding hydrogens is 150 g/mol. The lowest BCUT2D eigenvalue weighted by Gasteiger charge is -1.93. The van der Waals surface area contributed by atoms with E-state index in [1.54, 1.807) is 6.21 Å². The molecule has 0 aromatic carbocycles. The molecule has 0 saturated carbocycles. The summed E-state index contributed by atoms with van der Waals surface area (Å²) < 4.78 is 0. The minimum Gasteiger partial charge on any atom is -0.296 e. The van der Waals surface area contributed by atoms with Gasteiger partial charge in [0.05, 0.1) is 24.5 Å². The Morgan fingerprint density at radius 2 is 2.25 bits per heavy atom. The first-order valence-electron chi connectivity index (χ1n) is 4.11. The average Bonchev–Trinajstić information content (AvgIpc) is 2.10. The molecule has 0 aromatic rings. The van der Waals surface area contributed by atoms with E-state index in [4.69, 9.17) is 10.5 Å². The molecular formula is C9H13N3. The zero-order valence-corrected chi connectivity index (χ0v) is 7.32. The Morgan fingerprint density at radius 3 is 2.75 bits per heavy atom. The Labute approximate surface area is 73.3 Å². The van der Waals surface area contributed by atoms with E-state index in [2.05, 4.69) is 11.9 Å². The summed E-state index contributed by atoms with van der Waals surface area (Å²) in [6, 6.07) is 3.95. The van der Waals surface area contributed by atoms with Crippen molar-refractivity contribution in [2.75, 3.05) is 6.54 Å². The number of hydrogen-bond donors (Lipinski definition) is 0. The van der Waals surface area contributed by atoms with E-state index in [-0.39, 0.29) is 12.3 Å². The van der Waals surface area contributed by atoms with Crippen LogP contribution in [0.15, 0.2) is 4.99 Å². The predicted octanol–water partition coefficient (Wildman–Crippen LogP) is 1.91. The van der Waals surface area contributed by atoms with E-state index >= 15 is 0 Å². The summed E-state index contributed by atoms with van der Waals surface area (Å²) in [5.74, 6) is -0.327. The van der Waals surface area contributed by atoms with E-state index in [1.165, 1.54) is 0 Å². The standard InChI is InChI=1S/C9H13N3/c1-2-3-6-12-8-9(7-11)4-5-10/h8-9H,2-4,6H2,1H3. The molecule has 0 bridgehead atoms. The fourth-order valence-corrected chi connectivity index (χ4v) is 0.681. The van der Waals surface area contributed by atoms with Gasteiger partial charge in [-0.1, -0.05) is 13.3 Å². The summed E-state index contributed by atoms with van der Waals surface area (Å²) in [6.45, 7) is 2.85. The second kappa shape index (κ2) is 7.75. The number of unbranched alkanes of at least 4 members (excludes halogenated alkanes) is 1. The van der Waals surface area contributed by atoms with Gasteiger partial charge in [0.2, 0.25) is 0 Å². The SMILES string of the molecule is CCCCN=CC(C#N)CC#N. The first-order chi connectivity index (χ1) is 5.85. The summed E-state index contributed by atoms with van der Waals surface area (Å²) in [4.78, 5) is 4.05. The Bertz CT molecular complexity index is 207. The van der Waals surface area contributed by atoms with Crippen molar-refractivity contribution in [3.05, 3.63) is 0 Å². The average molecular weight is 163 g/mol. The monoisotopic (exact) mass is 163 g/mol. The lowest BCUT2D eigenvalue weighted by atomic mass is 10.1. The van der Waals surface area contributed by atoms with Crippen LogP contribution in [0.25, 0.3) is 0 Å². The van der Waals surface area contributed by atoms with Gasteiger partial charge >= 0.3 is 0 Å². The minimum absolute atomic E-state index is 0.242. The number of rotatable bonds is 5. The molecule has 64 valence electrons. The number of nitriles is 2. The maximum atomic E-state index is 8.52. The second-order valence-corrected chi connectivity index (χ2v) is 2.51. The Balaban J connectivity index is 3.65. The van der Waals surface area contributed by atoms with Crippen molar-refractivity contribution in [2.24, 2.45) is 10.9 Å². The largest absolute Gasteiger partial charge is 0.296 e. The van der Waals surface area contributed by atoms with Crippen LogP contribution in [0, 0.1) is 28.6 Å². The molecule has 0 radical (unpaired) electrons. The molecule has 0 N–H and O–H groups in total. The highest BCUT2D eigenvalue weighted by molar-refractivity contribution is 5.64. The van der Waals surface area contributed by atoms with Crippen molar-refractivity contribution in [1.29, 1.82) is 10.5 Å². The molecule has 0 heterocycles. The highest BCUT2D eigenvalue weighted by Gasteiger charge is 2.00. The quantitative estimate of drug-likeness (QED) is 0.459. The van der Waals surface area contributed by atoms with Crippen molar-refractivity contribution < 1.29 is 0 Å². The first kappa shape index (κ1) is 10.7. The zero-order chi connectivity index (χ0) is 9.23. The van der Waals surface area contributed by atoms with Gasteiger partial charge in [0, 0.05) is 12.8 Å². The van der Waals surface area contributed by atoms with Crippen molar-refractivity contribution >= 4 is 6.21 Å². The van der Waals surface area contributed by atoms with E-state index in [9.17, 15) is 0 Å². The highest BCUT2D eigenvalue weighted by Crippen LogP contribution is 1.96. The fourth-order valence-electron chi connectivity index (χ4n) is 0.681. The maximum Gasteiger partial charge on any atom is 0.0940 e.